The van der Waals surface area contributed by atoms with Crippen molar-refractivity contribution in [1.82, 2.24) is 10.5 Å². The number of hydroxylamine groups is 1. The first-order valence-corrected chi connectivity index (χ1v) is 6.55. The third-order valence-electron chi connectivity index (χ3n) is 2.82. The maximum atomic E-state index is 11.9. The van der Waals surface area contributed by atoms with Gasteiger partial charge in [0.1, 0.15) is 5.69 Å². The van der Waals surface area contributed by atoms with Crippen LogP contribution in [0.2, 0.25) is 0 Å². The number of aromatic nitrogens is 1. The van der Waals surface area contributed by atoms with Gasteiger partial charge in [0.25, 0.3) is 5.91 Å². The van der Waals surface area contributed by atoms with Gasteiger partial charge >= 0.3 is 0 Å². The molecular formula is C17H14N2O3. The van der Waals surface area contributed by atoms with Crippen LogP contribution < -0.4 is 5.48 Å². The minimum atomic E-state index is -0.593. The van der Waals surface area contributed by atoms with Crippen LogP contribution in [-0.2, 0) is 4.79 Å². The SMILES string of the molecule is O=C(C=Cc1ccc(C=CC(=O)c2ccccn2)cc1)NO. The first kappa shape index (κ1) is 15.3. The maximum absolute atomic E-state index is 11.9. The summed E-state index contributed by atoms with van der Waals surface area (Å²) in [4.78, 5) is 26.7. The predicted molar refractivity (Wildman–Crippen MR) is 83.0 cm³/mol. The second-order valence-corrected chi connectivity index (χ2v) is 4.39. The van der Waals surface area contributed by atoms with Crippen LogP contribution in [0.5, 0.6) is 0 Å². The van der Waals surface area contributed by atoms with Crippen molar-refractivity contribution in [3.05, 3.63) is 77.6 Å². The fourth-order valence-electron chi connectivity index (χ4n) is 1.69. The van der Waals surface area contributed by atoms with Gasteiger partial charge in [0.2, 0.25) is 5.78 Å². The Balaban J connectivity index is 2.02. The smallest absolute Gasteiger partial charge is 0.267 e. The van der Waals surface area contributed by atoms with Gasteiger partial charge in [-0.3, -0.25) is 19.8 Å². The molecule has 2 rings (SSSR count). The van der Waals surface area contributed by atoms with Crippen LogP contribution in [0.4, 0.5) is 0 Å². The quantitative estimate of drug-likeness (QED) is 0.384. The number of allylic oxidation sites excluding steroid dienone is 1. The van der Waals surface area contributed by atoms with Crippen molar-refractivity contribution in [1.29, 1.82) is 0 Å². The normalized spacial score (nSPS) is 11.0. The summed E-state index contributed by atoms with van der Waals surface area (Å²) in [7, 11) is 0. The van der Waals surface area contributed by atoms with Crippen LogP contribution in [0.25, 0.3) is 12.2 Å². The molecule has 0 atom stereocenters. The lowest BCUT2D eigenvalue weighted by Gasteiger charge is -1.97. The second kappa shape index (κ2) is 7.66. The van der Waals surface area contributed by atoms with Gasteiger partial charge in [-0.2, -0.15) is 0 Å². The van der Waals surface area contributed by atoms with Crippen molar-refractivity contribution in [2.75, 3.05) is 0 Å². The minimum absolute atomic E-state index is 0.163. The minimum Gasteiger partial charge on any atom is -0.288 e. The first-order valence-electron chi connectivity index (χ1n) is 6.55. The summed E-state index contributed by atoms with van der Waals surface area (Å²) < 4.78 is 0. The van der Waals surface area contributed by atoms with Crippen molar-refractivity contribution < 1.29 is 14.8 Å². The highest BCUT2D eigenvalue weighted by Crippen LogP contribution is 2.08. The summed E-state index contributed by atoms with van der Waals surface area (Å²) >= 11 is 0. The number of hydrogen-bond acceptors (Lipinski definition) is 4. The summed E-state index contributed by atoms with van der Waals surface area (Å²) in [6.45, 7) is 0. The van der Waals surface area contributed by atoms with Gasteiger partial charge < -0.3 is 0 Å². The number of carbonyl (C=O) groups excluding carboxylic acids is 2. The lowest BCUT2D eigenvalue weighted by atomic mass is 10.1. The monoisotopic (exact) mass is 294 g/mol. The predicted octanol–water partition coefficient (Wildman–Crippen LogP) is 2.50. The number of benzene rings is 1. The number of amides is 1. The molecule has 0 fully saturated rings. The number of carbonyl (C=O) groups is 2. The Kier molecular flexibility index (Phi) is 5.34. The molecule has 1 amide bonds. The van der Waals surface area contributed by atoms with E-state index in [1.165, 1.54) is 17.6 Å². The summed E-state index contributed by atoms with van der Waals surface area (Å²) in [5, 5.41) is 8.38. The van der Waals surface area contributed by atoms with Crippen LogP contribution in [0, 0.1) is 0 Å². The topological polar surface area (TPSA) is 79.3 Å². The van der Waals surface area contributed by atoms with Crippen molar-refractivity contribution in [2.24, 2.45) is 0 Å². The Morgan fingerprint density at radius 1 is 0.955 bits per heavy atom. The first-order chi connectivity index (χ1) is 10.7. The molecule has 22 heavy (non-hydrogen) atoms. The van der Waals surface area contributed by atoms with Gasteiger partial charge in [-0.25, -0.2) is 5.48 Å². The molecule has 5 nitrogen and oxygen atoms in total. The average molecular weight is 294 g/mol. The van der Waals surface area contributed by atoms with Gasteiger partial charge in [0.15, 0.2) is 0 Å². The Morgan fingerprint density at radius 2 is 1.59 bits per heavy atom. The molecule has 0 aliphatic heterocycles. The van der Waals surface area contributed by atoms with Crippen LogP contribution in [0.3, 0.4) is 0 Å². The van der Waals surface area contributed by atoms with Gasteiger partial charge in [-0.15, -0.1) is 0 Å². The van der Waals surface area contributed by atoms with Crippen LogP contribution in [0.1, 0.15) is 21.6 Å². The van der Waals surface area contributed by atoms with Crippen molar-refractivity contribution in [2.45, 2.75) is 0 Å². The molecule has 110 valence electrons. The number of rotatable bonds is 5. The molecule has 0 aliphatic rings. The van der Waals surface area contributed by atoms with E-state index in [1.807, 2.05) is 12.1 Å². The second-order valence-electron chi connectivity index (χ2n) is 4.39. The third-order valence-corrected chi connectivity index (χ3v) is 2.82. The zero-order valence-electron chi connectivity index (χ0n) is 11.6. The van der Waals surface area contributed by atoms with E-state index in [0.717, 1.165) is 11.1 Å². The number of nitrogens with zero attached hydrogens (tertiary/aromatic N) is 1. The Morgan fingerprint density at radius 3 is 2.14 bits per heavy atom. The van der Waals surface area contributed by atoms with E-state index in [9.17, 15) is 9.59 Å². The molecule has 2 N–H and O–H groups in total. The van der Waals surface area contributed by atoms with E-state index in [4.69, 9.17) is 5.21 Å². The number of hydrogen-bond donors (Lipinski definition) is 2. The number of ketones is 1. The van der Waals surface area contributed by atoms with Crippen molar-refractivity contribution >= 4 is 23.8 Å². The molecule has 1 heterocycles. The Labute approximate surface area is 127 Å². The van der Waals surface area contributed by atoms with E-state index in [2.05, 4.69) is 4.98 Å². The standard InChI is InChI=1S/C17H14N2O3/c20-16(15-3-1-2-12-18-15)10-8-13-4-6-14(7-5-13)9-11-17(21)19-22/h1-12,22H,(H,19,21). The molecule has 5 heteroatoms. The largest absolute Gasteiger partial charge is 0.288 e. The van der Waals surface area contributed by atoms with Crippen LogP contribution in [-0.4, -0.2) is 21.9 Å². The van der Waals surface area contributed by atoms with Gasteiger partial charge in [-0.05, 0) is 35.4 Å². The molecule has 0 unspecified atom stereocenters. The van der Waals surface area contributed by atoms with Crippen LogP contribution >= 0.6 is 0 Å². The molecule has 0 spiro atoms. The number of nitrogens with one attached hydrogen (secondary N) is 1. The van der Waals surface area contributed by atoms with E-state index < -0.39 is 5.91 Å². The molecule has 0 saturated carbocycles. The molecule has 0 radical (unpaired) electrons. The van der Waals surface area contributed by atoms with Gasteiger partial charge in [-0.1, -0.05) is 36.4 Å². The Hall–Kier alpha value is -3.05. The lowest BCUT2D eigenvalue weighted by molar-refractivity contribution is -0.124. The third kappa shape index (κ3) is 4.50. The zero-order valence-corrected chi connectivity index (χ0v) is 11.6. The highest BCUT2D eigenvalue weighted by molar-refractivity contribution is 6.05. The molecule has 1 aromatic carbocycles. The summed E-state index contributed by atoms with van der Waals surface area (Å²) in [6, 6.07) is 12.4. The highest BCUT2D eigenvalue weighted by atomic mass is 16.5. The van der Waals surface area contributed by atoms with E-state index >= 15 is 0 Å². The van der Waals surface area contributed by atoms with Gasteiger partial charge in [0.05, 0.1) is 0 Å². The maximum Gasteiger partial charge on any atom is 0.267 e. The molecule has 0 aliphatic carbocycles. The van der Waals surface area contributed by atoms with Gasteiger partial charge in [0, 0.05) is 12.3 Å². The zero-order chi connectivity index (χ0) is 15.8. The molecule has 0 saturated heterocycles. The van der Waals surface area contributed by atoms with E-state index in [-0.39, 0.29) is 5.78 Å². The lowest BCUT2D eigenvalue weighted by Crippen LogP contribution is -2.14. The average Bonchev–Trinajstić information content (AvgIpc) is 2.59. The Bertz CT molecular complexity index is 704. The summed E-state index contributed by atoms with van der Waals surface area (Å²) in [5.41, 5.74) is 3.57. The number of pyridine rings is 1. The van der Waals surface area contributed by atoms with Crippen LogP contribution in [0.15, 0.2) is 60.8 Å². The summed E-state index contributed by atoms with van der Waals surface area (Å²) in [5.74, 6) is -0.755. The fourth-order valence-corrected chi connectivity index (χ4v) is 1.69. The fraction of sp³-hybridized carbons (Fsp3) is 0. The van der Waals surface area contributed by atoms with E-state index in [1.54, 1.807) is 48.7 Å². The molecule has 2 aromatic rings. The van der Waals surface area contributed by atoms with Crippen molar-refractivity contribution in [3.63, 3.8) is 0 Å². The highest BCUT2D eigenvalue weighted by Gasteiger charge is 2.01. The molecule has 1 aromatic heterocycles. The molecular weight excluding hydrogens is 280 g/mol. The summed E-state index contributed by atoms with van der Waals surface area (Å²) in [6.07, 6.45) is 7.52. The van der Waals surface area contributed by atoms with E-state index in [0.29, 0.717) is 5.69 Å². The molecule has 0 bridgehead atoms. The van der Waals surface area contributed by atoms with Crippen molar-refractivity contribution in [3.8, 4) is 0 Å².